The topological polar surface area (TPSA) is 35.1 Å². The molecule has 3 aromatic heterocycles. The van der Waals surface area contributed by atoms with E-state index < -0.39 is 0 Å². The van der Waals surface area contributed by atoms with Crippen LogP contribution in [-0.2, 0) is 14.1 Å². The molecule has 0 aliphatic carbocycles. The van der Waals surface area contributed by atoms with Gasteiger partial charge in [0.15, 0.2) is 16.7 Å². The lowest BCUT2D eigenvalue weighted by Crippen LogP contribution is -2.29. The molecule has 0 saturated heterocycles. The number of aryl methyl sites for hydroxylation is 3. The smallest absolute Gasteiger partial charge is 0.292 e. The number of hydrogen-bond acceptors (Lipinski definition) is 2. The minimum absolute atomic E-state index is 0.812. The van der Waals surface area contributed by atoms with E-state index in [4.69, 9.17) is 8.83 Å². The van der Waals surface area contributed by atoms with E-state index >= 15 is 0 Å². The van der Waals surface area contributed by atoms with Crippen molar-refractivity contribution < 1.29 is 13.4 Å². The van der Waals surface area contributed by atoms with Crippen LogP contribution in [0.15, 0.2) is 69.8 Å². The van der Waals surface area contributed by atoms with Gasteiger partial charge in [-0.15, -0.1) is 0 Å². The van der Waals surface area contributed by atoms with E-state index in [1.807, 2.05) is 18.2 Å². The summed E-state index contributed by atoms with van der Waals surface area (Å²) >= 11 is 0. The Kier molecular flexibility index (Phi) is 2.91. The van der Waals surface area contributed by atoms with Crippen LogP contribution in [0.1, 0.15) is 5.56 Å². The number of para-hydroxylation sites is 1. The van der Waals surface area contributed by atoms with Gasteiger partial charge in [0.2, 0.25) is 0 Å². The first-order valence-corrected chi connectivity index (χ1v) is 9.41. The summed E-state index contributed by atoms with van der Waals surface area (Å²) in [7, 11) is 4.13. The van der Waals surface area contributed by atoms with Crippen molar-refractivity contribution in [2.45, 2.75) is 6.92 Å². The van der Waals surface area contributed by atoms with Gasteiger partial charge in [-0.2, -0.15) is 0 Å². The number of aromatic nitrogens is 2. The first-order valence-electron chi connectivity index (χ1n) is 9.41. The second-order valence-corrected chi connectivity index (χ2v) is 7.50. The Bertz CT molecular complexity index is 1530. The lowest BCUT2D eigenvalue weighted by Gasteiger charge is -2.04. The number of benzene rings is 3. The minimum atomic E-state index is 0.812. The fraction of sp³-hybridized carbons (Fsp3) is 0.125. The van der Waals surface area contributed by atoms with Crippen LogP contribution >= 0.6 is 0 Å². The maximum Gasteiger partial charge on any atom is 0.292 e. The summed E-state index contributed by atoms with van der Waals surface area (Å²) in [6.07, 6.45) is 4.13. The molecule has 0 amide bonds. The molecule has 6 rings (SSSR count). The zero-order chi connectivity index (χ0) is 19.0. The molecule has 0 saturated carbocycles. The van der Waals surface area contributed by atoms with Gasteiger partial charge < -0.3 is 8.83 Å². The van der Waals surface area contributed by atoms with E-state index in [-0.39, 0.29) is 0 Å². The third-order valence-electron chi connectivity index (χ3n) is 5.77. The third kappa shape index (κ3) is 1.87. The quantitative estimate of drug-likeness (QED) is 0.353. The molecule has 4 heteroatoms. The van der Waals surface area contributed by atoms with Crippen molar-refractivity contribution in [3.8, 4) is 11.4 Å². The monoisotopic (exact) mass is 367 g/mol. The van der Waals surface area contributed by atoms with Gasteiger partial charge in [0.1, 0.15) is 23.5 Å². The molecule has 28 heavy (non-hydrogen) atoms. The van der Waals surface area contributed by atoms with Crippen molar-refractivity contribution in [1.29, 1.82) is 0 Å². The standard InChI is InChI=1S/C24H19N2O2/c1-14-8-9-17-18-11-10-16-15-6-4-5-7-19(15)27-22(16)23(18)28-21(17)20(14)24-25(2)12-13-26(24)3/h4-13H,1-3H3/q+1. The Labute approximate surface area is 161 Å². The van der Waals surface area contributed by atoms with Crippen molar-refractivity contribution >= 4 is 43.9 Å². The zero-order valence-electron chi connectivity index (χ0n) is 16.0. The second-order valence-electron chi connectivity index (χ2n) is 7.50. The maximum absolute atomic E-state index is 6.52. The fourth-order valence-corrected chi connectivity index (χ4v) is 4.40. The van der Waals surface area contributed by atoms with E-state index in [0.29, 0.717) is 0 Å². The first-order chi connectivity index (χ1) is 13.6. The molecular weight excluding hydrogens is 348 g/mol. The van der Waals surface area contributed by atoms with Crippen molar-refractivity contribution in [1.82, 2.24) is 4.57 Å². The highest BCUT2D eigenvalue weighted by Crippen LogP contribution is 2.41. The van der Waals surface area contributed by atoms with E-state index in [2.05, 4.69) is 72.9 Å². The van der Waals surface area contributed by atoms with E-state index in [0.717, 1.165) is 55.3 Å². The van der Waals surface area contributed by atoms with Crippen molar-refractivity contribution in [3.63, 3.8) is 0 Å². The third-order valence-corrected chi connectivity index (χ3v) is 5.77. The normalized spacial score (nSPS) is 12.1. The molecule has 0 unspecified atom stereocenters. The summed E-state index contributed by atoms with van der Waals surface area (Å²) in [5, 5.41) is 4.40. The van der Waals surface area contributed by atoms with Crippen LogP contribution in [-0.4, -0.2) is 4.57 Å². The number of fused-ring (bicyclic) bond motifs is 7. The molecule has 0 aliphatic heterocycles. The fourth-order valence-electron chi connectivity index (χ4n) is 4.40. The van der Waals surface area contributed by atoms with Gasteiger partial charge in [-0.25, -0.2) is 9.13 Å². The molecule has 4 nitrogen and oxygen atoms in total. The highest BCUT2D eigenvalue weighted by molar-refractivity contribution is 6.20. The van der Waals surface area contributed by atoms with Crippen LogP contribution in [0.4, 0.5) is 0 Å². The molecule has 136 valence electrons. The van der Waals surface area contributed by atoms with Crippen LogP contribution < -0.4 is 4.57 Å². The summed E-state index contributed by atoms with van der Waals surface area (Å²) < 4.78 is 17.0. The summed E-state index contributed by atoms with van der Waals surface area (Å²) in [6.45, 7) is 2.13. The number of hydrogen-bond donors (Lipinski definition) is 0. The van der Waals surface area contributed by atoms with Gasteiger partial charge >= 0.3 is 0 Å². The minimum Gasteiger partial charge on any atom is -0.452 e. The van der Waals surface area contributed by atoms with Gasteiger partial charge in [-0.3, -0.25) is 0 Å². The molecule has 0 bridgehead atoms. The van der Waals surface area contributed by atoms with E-state index in [9.17, 15) is 0 Å². The summed E-state index contributed by atoms with van der Waals surface area (Å²) in [4.78, 5) is 0. The molecular formula is C24H19N2O2+. The van der Waals surface area contributed by atoms with Crippen LogP contribution in [0.25, 0.3) is 55.3 Å². The average molecular weight is 367 g/mol. The predicted molar refractivity (Wildman–Crippen MR) is 111 cm³/mol. The van der Waals surface area contributed by atoms with Crippen LogP contribution in [0.2, 0.25) is 0 Å². The van der Waals surface area contributed by atoms with Crippen molar-refractivity contribution in [3.05, 3.63) is 66.5 Å². The molecule has 0 radical (unpaired) electrons. The molecule has 0 N–H and O–H groups in total. The van der Waals surface area contributed by atoms with Crippen LogP contribution in [0.3, 0.4) is 0 Å². The summed E-state index contributed by atoms with van der Waals surface area (Å²) in [5.41, 5.74) is 5.72. The van der Waals surface area contributed by atoms with E-state index in [1.165, 1.54) is 5.56 Å². The summed E-state index contributed by atoms with van der Waals surface area (Å²) in [6, 6.07) is 16.7. The molecule has 0 aliphatic rings. The summed E-state index contributed by atoms with van der Waals surface area (Å²) in [5.74, 6) is 1.11. The van der Waals surface area contributed by atoms with Crippen molar-refractivity contribution in [2.75, 3.05) is 0 Å². The SMILES string of the molecule is Cc1ccc2c(oc3c2ccc2c4ccccc4oc23)c1-c1n(C)cc[n+]1C. The lowest BCUT2D eigenvalue weighted by molar-refractivity contribution is -0.659. The van der Waals surface area contributed by atoms with Crippen LogP contribution in [0, 0.1) is 6.92 Å². The Morgan fingerprint density at radius 1 is 0.786 bits per heavy atom. The van der Waals surface area contributed by atoms with Crippen LogP contribution in [0.5, 0.6) is 0 Å². The largest absolute Gasteiger partial charge is 0.452 e. The van der Waals surface area contributed by atoms with Gasteiger partial charge in [0.05, 0.1) is 14.1 Å². The number of rotatable bonds is 1. The Morgan fingerprint density at radius 3 is 2.25 bits per heavy atom. The maximum atomic E-state index is 6.52. The van der Waals surface area contributed by atoms with Gasteiger partial charge in [0.25, 0.3) is 5.82 Å². The Balaban J connectivity index is 1.81. The molecule has 0 spiro atoms. The van der Waals surface area contributed by atoms with Crippen molar-refractivity contribution in [2.24, 2.45) is 14.1 Å². The van der Waals surface area contributed by atoms with E-state index in [1.54, 1.807) is 0 Å². The highest BCUT2D eigenvalue weighted by atomic mass is 16.4. The molecule has 3 aromatic carbocycles. The molecule has 3 heterocycles. The predicted octanol–water partition coefficient (Wildman–Crippen LogP) is 5.62. The molecule has 0 fully saturated rings. The lowest BCUT2D eigenvalue weighted by atomic mass is 10.0. The van der Waals surface area contributed by atoms with Gasteiger partial charge in [-0.05, 0) is 30.7 Å². The Hall–Kier alpha value is -3.53. The second kappa shape index (κ2) is 5.26. The molecule has 0 atom stereocenters. The first kappa shape index (κ1) is 15.5. The number of nitrogens with zero attached hydrogens (tertiary/aromatic N) is 2. The van der Waals surface area contributed by atoms with Gasteiger partial charge in [0, 0.05) is 21.5 Å². The molecule has 6 aromatic rings. The highest BCUT2D eigenvalue weighted by Gasteiger charge is 2.24. The number of furan rings is 2. The van der Waals surface area contributed by atoms with Gasteiger partial charge in [-0.1, -0.05) is 30.3 Å². The average Bonchev–Trinajstić information content (AvgIpc) is 3.35. The Morgan fingerprint density at radius 2 is 1.46 bits per heavy atom. The number of imidazole rings is 1. The zero-order valence-corrected chi connectivity index (χ0v) is 16.0.